The van der Waals surface area contributed by atoms with Gasteiger partial charge in [0.25, 0.3) is 0 Å². The van der Waals surface area contributed by atoms with Crippen LogP contribution in [0.1, 0.15) is 19.3 Å². The Bertz CT molecular complexity index is 137. The summed E-state index contributed by atoms with van der Waals surface area (Å²) in [4.78, 5) is 2.28. The van der Waals surface area contributed by atoms with E-state index in [1.165, 1.54) is 12.8 Å². The first-order chi connectivity index (χ1) is 6.24. The van der Waals surface area contributed by atoms with Crippen LogP contribution in [-0.4, -0.2) is 44.8 Å². The summed E-state index contributed by atoms with van der Waals surface area (Å²) in [5, 5.41) is 0. The average molecular weight is 186 g/mol. The molecule has 3 nitrogen and oxygen atoms in total. The van der Waals surface area contributed by atoms with Crippen LogP contribution in [-0.2, 0) is 4.74 Å². The quantitative estimate of drug-likeness (QED) is 0.636. The van der Waals surface area contributed by atoms with E-state index in [1.54, 1.807) is 7.11 Å². The van der Waals surface area contributed by atoms with Crippen LogP contribution in [0.3, 0.4) is 0 Å². The molecule has 1 atom stereocenters. The van der Waals surface area contributed by atoms with Crippen molar-refractivity contribution < 1.29 is 4.74 Å². The lowest BCUT2D eigenvalue weighted by molar-refractivity contribution is 0.159. The number of methoxy groups -OCH3 is 1. The van der Waals surface area contributed by atoms with Crippen LogP contribution in [0.4, 0.5) is 0 Å². The van der Waals surface area contributed by atoms with Gasteiger partial charge in [0.1, 0.15) is 0 Å². The van der Waals surface area contributed by atoms with Crippen LogP contribution >= 0.6 is 0 Å². The maximum atomic E-state index is 6.00. The molecule has 3 heteroatoms. The average Bonchev–Trinajstić information content (AvgIpc) is 2.93. The van der Waals surface area contributed by atoms with Crippen molar-refractivity contribution >= 4 is 0 Å². The zero-order chi connectivity index (χ0) is 9.68. The number of rotatable bonds is 7. The highest BCUT2D eigenvalue weighted by molar-refractivity contribution is 4.84. The van der Waals surface area contributed by atoms with Gasteiger partial charge >= 0.3 is 0 Å². The third kappa shape index (κ3) is 4.60. The Labute approximate surface area is 81.2 Å². The van der Waals surface area contributed by atoms with Gasteiger partial charge in [-0.1, -0.05) is 0 Å². The van der Waals surface area contributed by atoms with Gasteiger partial charge in [-0.2, -0.15) is 0 Å². The van der Waals surface area contributed by atoms with Crippen molar-refractivity contribution in [3.05, 3.63) is 0 Å². The molecule has 0 amide bonds. The van der Waals surface area contributed by atoms with Gasteiger partial charge in [-0.05, 0) is 38.8 Å². The van der Waals surface area contributed by atoms with Crippen LogP contribution in [0.5, 0.6) is 0 Å². The molecule has 1 aliphatic carbocycles. The molecular weight excluding hydrogens is 164 g/mol. The second-order valence-corrected chi connectivity index (χ2v) is 4.09. The predicted molar refractivity (Wildman–Crippen MR) is 54.7 cm³/mol. The number of nitrogens with two attached hydrogens (primary N) is 1. The fourth-order valence-corrected chi connectivity index (χ4v) is 1.49. The second kappa shape index (κ2) is 5.58. The first kappa shape index (κ1) is 11.0. The normalized spacial score (nSPS) is 19.4. The number of ether oxygens (including phenoxy) is 1. The third-order valence-electron chi connectivity index (χ3n) is 2.75. The van der Waals surface area contributed by atoms with Crippen LogP contribution in [0, 0.1) is 5.92 Å². The van der Waals surface area contributed by atoms with Gasteiger partial charge in [0, 0.05) is 19.7 Å². The van der Waals surface area contributed by atoms with E-state index in [9.17, 15) is 0 Å². The zero-order valence-corrected chi connectivity index (χ0v) is 8.83. The van der Waals surface area contributed by atoms with Gasteiger partial charge in [0.2, 0.25) is 0 Å². The van der Waals surface area contributed by atoms with Gasteiger partial charge < -0.3 is 15.4 Å². The van der Waals surface area contributed by atoms with Crippen molar-refractivity contribution in [2.45, 2.75) is 25.3 Å². The summed E-state index contributed by atoms with van der Waals surface area (Å²) in [6, 6.07) is 0.435. The van der Waals surface area contributed by atoms with E-state index in [4.69, 9.17) is 10.5 Å². The van der Waals surface area contributed by atoms with Gasteiger partial charge in [-0.3, -0.25) is 0 Å². The van der Waals surface area contributed by atoms with Crippen molar-refractivity contribution in [2.24, 2.45) is 11.7 Å². The topological polar surface area (TPSA) is 38.5 Å². The highest BCUT2D eigenvalue weighted by Crippen LogP contribution is 2.32. The zero-order valence-electron chi connectivity index (χ0n) is 8.83. The molecule has 0 aliphatic heterocycles. The van der Waals surface area contributed by atoms with Crippen molar-refractivity contribution in [3.63, 3.8) is 0 Å². The Morgan fingerprint density at radius 3 is 2.69 bits per heavy atom. The first-order valence-corrected chi connectivity index (χ1v) is 5.17. The molecule has 1 fully saturated rings. The van der Waals surface area contributed by atoms with Crippen molar-refractivity contribution in [1.29, 1.82) is 0 Å². The minimum atomic E-state index is 0.435. The Hall–Kier alpha value is -0.120. The maximum absolute atomic E-state index is 6.00. The number of likely N-dealkylation sites (N-methyl/N-ethyl adjacent to an activating group) is 1. The van der Waals surface area contributed by atoms with E-state index >= 15 is 0 Å². The second-order valence-electron chi connectivity index (χ2n) is 4.09. The Kier molecular flexibility index (Phi) is 4.70. The monoisotopic (exact) mass is 186 g/mol. The molecule has 2 N–H and O–H groups in total. The molecule has 1 unspecified atom stereocenters. The summed E-state index contributed by atoms with van der Waals surface area (Å²) in [5.74, 6) is 0.829. The molecule has 78 valence electrons. The Balaban J connectivity index is 1.96. The fraction of sp³-hybridized carbons (Fsp3) is 1.00. The smallest absolute Gasteiger partial charge is 0.0589 e. The van der Waals surface area contributed by atoms with Crippen LogP contribution < -0.4 is 5.73 Å². The number of hydrogen-bond donors (Lipinski definition) is 1. The number of nitrogens with zero attached hydrogens (tertiary/aromatic N) is 1. The summed E-state index contributed by atoms with van der Waals surface area (Å²) in [6.07, 6.45) is 3.83. The number of hydrogen-bond acceptors (Lipinski definition) is 3. The molecule has 0 radical (unpaired) electrons. The molecule has 0 saturated heterocycles. The fourth-order valence-electron chi connectivity index (χ4n) is 1.49. The highest BCUT2D eigenvalue weighted by atomic mass is 16.5. The largest absolute Gasteiger partial charge is 0.383 e. The summed E-state index contributed by atoms with van der Waals surface area (Å²) in [6.45, 7) is 2.92. The van der Waals surface area contributed by atoms with Gasteiger partial charge in [-0.25, -0.2) is 0 Å². The molecule has 1 aliphatic rings. The minimum Gasteiger partial charge on any atom is -0.383 e. The minimum absolute atomic E-state index is 0.435. The van der Waals surface area contributed by atoms with Crippen molar-refractivity contribution in [1.82, 2.24) is 4.90 Å². The molecular formula is C10H22N2O. The standard InChI is InChI=1S/C10H22N2O/c1-12(7-8-13-2)6-5-10(11)9-3-4-9/h9-10H,3-8,11H2,1-2H3. The van der Waals surface area contributed by atoms with E-state index in [0.29, 0.717) is 6.04 Å². The summed E-state index contributed by atoms with van der Waals surface area (Å²) in [5.41, 5.74) is 6.00. The van der Waals surface area contributed by atoms with Gasteiger partial charge in [-0.15, -0.1) is 0 Å². The van der Waals surface area contributed by atoms with Crippen molar-refractivity contribution in [2.75, 3.05) is 33.9 Å². The molecule has 0 heterocycles. The molecule has 0 aromatic rings. The lowest BCUT2D eigenvalue weighted by atomic mass is 10.1. The molecule has 0 aromatic carbocycles. The molecule has 0 spiro atoms. The molecule has 0 bridgehead atoms. The molecule has 0 aromatic heterocycles. The lowest BCUT2D eigenvalue weighted by Crippen LogP contribution is -2.31. The van der Waals surface area contributed by atoms with Gasteiger partial charge in [0.05, 0.1) is 6.61 Å². The van der Waals surface area contributed by atoms with Crippen LogP contribution in [0.2, 0.25) is 0 Å². The van der Waals surface area contributed by atoms with Crippen molar-refractivity contribution in [3.8, 4) is 0 Å². The van der Waals surface area contributed by atoms with Crippen LogP contribution in [0.15, 0.2) is 0 Å². The summed E-state index contributed by atoms with van der Waals surface area (Å²) >= 11 is 0. The van der Waals surface area contributed by atoms with Crippen LogP contribution in [0.25, 0.3) is 0 Å². The third-order valence-corrected chi connectivity index (χ3v) is 2.75. The van der Waals surface area contributed by atoms with E-state index in [0.717, 1.165) is 32.0 Å². The van der Waals surface area contributed by atoms with Gasteiger partial charge in [0.15, 0.2) is 0 Å². The predicted octanol–water partition coefficient (Wildman–Crippen LogP) is 0.692. The summed E-state index contributed by atoms with van der Waals surface area (Å²) < 4.78 is 5.01. The molecule has 13 heavy (non-hydrogen) atoms. The highest BCUT2D eigenvalue weighted by Gasteiger charge is 2.27. The Morgan fingerprint density at radius 1 is 1.46 bits per heavy atom. The lowest BCUT2D eigenvalue weighted by Gasteiger charge is -2.18. The summed E-state index contributed by atoms with van der Waals surface area (Å²) in [7, 11) is 3.86. The van der Waals surface area contributed by atoms with E-state index in [1.807, 2.05) is 0 Å². The Morgan fingerprint density at radius 2 is 2.15 bits per heavy atom. The molecule has 1 saturated carbocycles. The van der Waals surface area contributed by atoms with E-state index in [2.05, 4.69) is 11.9 Å². The van der Waals surface area contributed by atoms with E-state index in [-0.39, 0.29) is 0 Å². The first-order valence-electron chi connectivity index (χ1n) is 5.17. The SMILES string of the molecule is COCCN(C)CCC(N)C1CC1. The molecule has 1 rings (SSSR count). The van der Waals surface area contributed by atoms with E-state index < -0.39 is 0 Å². The maximum Gasteiger partial charge on any atom is 0.0589 e.